The van der Waals surface area contributed by atoms with Gasteiger partial charge in [0.05, 0.1) is 19.8 Å². The molecule has 0 aliphatic rings. The minimum absolute atomic E-state index is 0.250. The van der Waals surface area contributed by atoms with Gasteiger partial charge in [0, 0.05) is 38.6 Å². The Morgan fingerprint density at radius 3 is 2.43 bits per heavy atom. The first-order chi connectivity index (χ1) is 11.0. The number of nitrogens with one attached hydrogen (secondary N) is 1. The van der Waals surface area contributed by atoms with Gasteiger partial charge in [-0.1, -0.05) is 0 Å². The molecular formula is C16H20N4O3. The van der Waals surface area contributed by atoms with Crippen molar-refractivity contribution in [2.75, 3.05) is 33.2 Å². The molecule has 0 radical (unpaired) electrons. The number of hydrogen-bond donors (Lipinski definition) is 1. The zero-order chi connectivity index (χ0) is 16.8. The maximum absolute atomic E-state index is 12.2. The van der Waals surface area contributed by atoms with Crippen molar-refractivity contribution >= 4 is 11.9 Å². The summed E-state index contributed by atoms with van der Waals surface area (Å²) >= 11 is 0. The Morgan fingerprint density at radius 1 is 1.17 bits per heavy atom. The number of hydrogen-bond acceptors (Lipinski definition) is 6. The number of carbonyl (C=O) groups excluding carboxylic acids is 1. The Labute approximate surface area is 135 Å². The van der Waals surface area contributed by atoms with E-state index in [4.69, 9.17) is 9.47 Å². The second-order valence-electron chi connectivity index (χ2n) is 5.03. The number of anilines is 1. The number of ether oxygens (including phenoxy) is 2. The molecule has 122 valence electrons. The standard InChI is InChI=1S/C16H20N4O3/c1-20(2)16-18-9-12(10-19-16)15(21)17-8-11-7-13(22-3)5-6-14(11)23-4/h5-7,9-10H,8H2,1-4H3,(H,17,21). The van der Waals surface area contributed by atoms with Crippen LogP contribution >= 0.6 is 0 Å². The monoisotopic (exact) mass is 316 g/mol. The van der Waals surface area contributed by atoms with E-state index in [9.17, 15) is 4.79 Å². The van der Waals surface area contributed by atoms with E-state index >= 15 is 0 Å². The number of aromatic nitrogens is 2. The highest BCUT2D eigenvalue weighted by atomic mass is 16.5. The summed E-state index contributed by atoms with van der Waals surface area (Å²) in [6.45, 7) is 0.314. The van der Waals surface area contributed by atoms with Gasteiger partial charge in [0.1, 0.15) is 11.5 Å². The number of nitrogens with zero attached hydrogens (tertiary/aromatic N) is 3. The molecule has 0 fully saturated rings. The summed E-state index contributed by atoms with van der Waals surface area (Å²) in [5.74, 6) is 1.69. The van der Waals surface area contributed by atoms with E-state index in [2.05, 4.69) is 15.3 Å². The minimum atomic E-state index is -0.250. The number of benzene rings is 1. The molecule has 7 heteroatoms. The summed E-state index contributed by atoms with van der Waals surface area (Å²) in [4.78, 5) is 22.2. The van der Waals surface area contributed by atoms with Gasteiger partial charge in [0.25, 0.3) is 5.91 Å². The molecule has 7 nitrogen and oxygen atoms in total. The first-order valence-electron chi connectivity index (χ1n) is 7.03. The molecule has 0 unspecified atom stereocenters. The molecule has 1 amide bonds. The van der Waals surface area contributed by atoms with Crippen LogP contribution in [0.4, 0.5) is 5.95 Å². The lowest BCUT2D eigenvalue weighted by Gasteiger charge is -2.12. The first-order valence-corrected chi connectivity index (χ1v) is 7.03. The second kappa shape index (κ2) is 7.44. The largest absolute Gasteiger partial charge is 0.497 e. The lowest BCUT2D eigenvalue weighted by atomic mass is 10.2. The Kier molecular flexibility index (Phi) is 5.35. The highest BCUT2D eigenvalue weighted by molar-refractivity contribution is 5.93. The van der Waals surface area contributed by atoms with Crippen molar-refractivity contribution in [3.8, 4) is 11.5 Å². The SMILES string of the molecule is COc1ccc(OC)c(CNC(=O)c2cnc(N(C)C)nc2)c1. The Balaban J connectivity index is 2.06. The second-order valence-corrected chi connectivity index (χ2v) is 5.03. The van der Waals surface area contributed by atoms with Crippen LogP contribution in [0.2, 0.25) is 0 Å². The van der Waals surface area contributed by atoms with Gasteiger partial charge in [-0.2, -0.15) is 0 Å². The molecular weight excluding hydrogens is 296 g/mol. The molecule has 1 aromatic carbocycles. The van der Waals surface area contributed by atoms with Gasteiger partial charge in [0.2, 0.25) is 5.95 Å². The van der Waals surface area contributed by atoms with Gasteiger partial charge in [-0.15, -0.1) is 0 Å². The van der Waals surface area contributed by atoms with E-state index < -0.39 is 0 Å². The molecule has 0 aliphatic heterocycles. The zero-order valence-corrected chi connectivity index (χ0v) is 13.7. The molecule has 23 heavy (non-hydrogen) atoms. The fourth-order valence-corrected chi connectivity index (χ4v) is 1.97. The molecule has 0 aliphatic carbocycles. The van der Waals surface area contributed by atoms with Crippen molar-refractivity contribution in [3.05, 3.63) is 41.7 Å². The Hall–Kier alpha value is -2.83. The molecule has 2 aromatic rings. The van der Waals surface area contributed by atoms with E-state index in [0.717, 1.165) is 5.56 Å². The average molecular weight is 316 g/mol. The van der Waals surface area contributed by atoms with Crippen LogP contribution in [0.15, 0.2) is 30.6 Å². The Morgan fingerprint density at radius 2 is 1.87 bits per heavy atom. The third-order valence-corrected chi connectivity index (χ3v) is 3.23. The molecule has 0 bridgehead atoms. The molecule has 1 N–H and O–H groups in total. The van der Waals surface area contributed by atoms with Crippen molar-refractivity contribution in [1.29, 1.82) is 0 Å². The van der Waals surface area contributed by atoms with Gasteiger partial charge in [0.15, 0.2) is 0 Å². The van der Waals surface area contributed by atoms with Crippen molar-refractivity contribution in [2.24, 2.45) is 0 Å². The van der Waals surface area contributed by atoms with Crippen LogP contribution in [0, 0.1) is 0 Å². The lowest BCUT2D eigenvalue weighted by molar-refractivity contribution is 0.0950. The van der Waals surface area contributed by atoms with Crippen LogP contribution < -0.4 is 19.7 Å². The first kappa shape index (κ1) is 16.5. The van der Waals surface area contributed by atoms with Crippen molar-refractivity contribution in [1.82, 2.24) is 15.3 Å². The van der Waals surface area contributed by atoms with Crippen molar-refractivity contribution in [2.45, 2.75) is 6.54 Å². The van der Waals surface area contributed by atoms with Crippen LogP contribution in [0.1, 0.15) is 15.9 Å². The molecule has 1 aromatic heterocycles. The van der Waals surface area contributed by atoms with Crippen LogP contribution in [0.5, 0.6) is 11.5 Å². The number of methoxy groups -OCH3 is 2. The number of rotatable bonds is 6. The van der Waals surface area contributed by atoms with E-state index in [-0.39, 0.29) is 5.91 Å². The molecule has 2 rings (SSSR count). The van der Waals surface area contributed by atoms with Crippen molar-refractivity contribution < 1.29 is 14.3 Å². The minimum Gasteiger partial charge on any atom is -0.497 e. The predicted molar refractivity (Wildman–Crippen MR) is 87.1 cm³/mol. The van der Waals surface area contributed by atoms with Crippen LogP contribution in [-0.4, -0.2) is 44.2 Å². The summed E-state index contributed by atoms with van der Waals surface area (Å²) in [5, 5.41) is 2.82. The number of carbonyl (C=O) groups is 1. The highest BCUT2D eigenvalue weighted by Crippen LogP contribution is 2.23. The smallest absolute Gasteiger partial charge is 0.254 e. The maximum Gasteiger partial charge on any atom is 0.254 e. The third-order valence-electron chi connectivity index (χ3n) is 3.23. The molecule has 0 saturated heterocycles. The summed E-state index contributed by atoms with van der Waals surface area (Å²) in [6, 6.07) is 5.43. The van der Waals surface area contributed by atoms with E-state index in [1.807, 2.05) is 20.2 Å². The van der Waals surface area contributed by atoms with Gasteiger partial charge in [-0.25, -0.2) is 9.97 Å². The Bertz CT molecular complexity index is 672. The third kappa shape index (κ3) is 4.09. The molecule has 0 atom stereocenters. The van der Waals surface area contributed by atoms with E-state index in [1.54, 1.807) is 31.3 Å². The topological polar surface area (TPSA) is 76.6 Å². The lowest BCUT2D eigenvalue weighted by Crippen LogP contribution is -2.24. The van der Waals surface area contributed by atoms with Gasteiger partial charge < -0.3 is 19.7 Å². The van der Waals surface area contributed by atoms with Crippen LogP contribution in [-0.2, 0) is 6.54 Å². The van der Waals surface area contributed by atoms with Crippen molar-refractivity contribution in [3.63, 3.8) is 0 Å². The van der Waals surface area contributed by atoms with E-state index in [0.29, 0.717) is 29.6 Å². The van der Waals surface area contributed by atoms with Gasteiger partial charge >= 0.3 is 0 Å². The predicted octanol–water partition coefficient (Wildman–Crippen LogP) is 1.49. The maximum atomic E-state index is 12.2. The number of amides is 1. The summed E-state index contributed by atoms with van der Waals surface area (Å²) < 4.78 is 10.5. The highest BCUT2D eigenvalue weighted by Gasteiger charge is 2.10. The van der Waals surface area contributed by atoms with Gasteiger partial charge in [-0.05, 0) is 18.2 Å². The fourth-order valence-electron chi connectivity index (χ4n) is 1.97. The van der Waals surface area contributed by atoms with E-state index in [1.165, 1.54) is 12.4 Å². The average Bonchev–Trinajstić information content (AvgIpc) is 2.59. The summed E-state index contributed by atoms with van der Waals surface area (Å²) in [5.41, 5.74) is 1.23. The fraction of sp³-hybridized carbons (Fsp3) is 0.312. The van der Waals surface area contributed by atoms with Crippen LogP contribution in [0.25, 0.3) is 0 Å². The zero-order valence-electron chi connectivity index (χ0n) is 13.7. The molecule has 0 saturated carbocycles. The van der Waals surface area contributed by atoms with Crippen LogP contribution in [0.3, 0.4) is 0 Å². The quantitative estimate of drug-likeness (QED) is 0.870. The normalized spacial score (nSPS) is 10.1. The van der Waals surface area contributed by atoms with Gasteiger partial charge in [-0.3, -0.25) is 4.79 Å². The molecule has 0 spiro atoms. The molecule has 1 heterocycles. The summed E-state index contributed by atoms with van der Waals surface area (Å²) in [7, 11) is 6.85. The summed E-state index contributed by atoms with van der Waals surface area (Å²) in [6.07, 6.45) is 3.00.